The Kier molecular flexibility index (Phi) is 4.65. The number of anilines is 1. The van der Waals surface area contributed by atoms with Crippen molar-refractivity contribution in [1.82, 2.24) is 14.9 Å². The van der Waals surface area contributed by atoms with Crippen molar-refractivity contribution in [3.05, 3.63) is 17.5 Å². The van der Waals surface area contributed by atoms with Crippen molar-refractivity contribution < 1.29 is 4.74 Å². The van der Waals surface area contributed by atoms with Gasteiger partial charge in [-0.25, -0.2) is 9.97 Å². The van der Waals surface area contributed by atoms with Gasteiger partial charge in [0.25, 0.3) is 0 Å². The summed E-state index contributed by atoms with van der Waals surface area (Å²) in [5, 5.41) is 3.99. The van der Waals surface area contributed by atoms with E-state index in [1.165, 1.54) is 18.5 Å². The number of nitrogens with one attached hydrogen (secondary N) is 1. The first-order valence-corrected chi connectivity index (χ1v) is 8.43. The maximum absolute atomic E-state index is 6.11. The Hall–Kier alpha value is -0.560. The third-order valence-corrected chi connectivity index (χ3v) is 5.53. The highest BCUT2D eigenvalue weighted by Crippen LogP contribution is 2.34. The highest BCUT2D eigenvalue weighted by molar-refractivity contribution is 7.99. The predicted molar refractivity (Wildman–Crippen MR) is 82.6 cm³/mol. The number of halogens is 1. The zero-order valence-electron chi connectivity index (χ0n) is 11.3. The number of thioether (sulfide) groups is 1. The van der Waals surface area contributed by atoms with E-state index in [0.29, 0.717) is 5.02 Å². The van der Waals surface area contributed by atoms with Crippen LogP contribution < -0.4 is 5.32 Å². The van der Waals surface area contributed by atoms with E-state index in [0.717, 1.165) is 44.4 Å². The Morgan fingerprint density at radius 3 is 3.00 bits per heavy atom. The van der Waals surface area contributed by atoms with Crippen LogP contribution in [0.1, 0.15) is 6.42 Å². The van der Waals surface area contributed by atoms with Gasteiger partial charge in [-0.1, -0.05) is 11.6 Å². The Bertz CT molecular complexity index is 450. The van der Waals surface area contributed by atoms with E-state index in [-0.39, 0.29) is 5.54 Å². The van der Waals surface area contributed by atoms with Crippen molar-refractivity contribution in [3.63, 3.8) is 0 Å². The van der Waals surface area contributed by atoms with Crippen LogP contribution in [0.5, 0.6) is 0 Å². The summed E-state index contributed by atoms with van der Waals surface area (Å²) in [6.07, 6.45) is 4.36. The summed E-state index contributed by atoms with van der Waals surface area (Å²) in [5.74, 6) is 3.10. The molecule has 20 heavy (non-hydrogen) atoms. The minimum absolute atomic E-state index is 0.197. The van der Waals surface area contributed by atoms with Crippen LogP contribution in [0.4, 0.5) is 5.82 Å². The summed E-state index contributed by atoms with van der Waals surface area (Å²) in [4.78, 5) is 10.7. The monoisotopic (exact) mass is 314 g/mol. The van der Waals surface area contributed by atoms with Crippen molar-refractivity contribution in [2.75, 3.05) is 49.7 Å². The van der Waals surface area contributed by atoms with E-state index >= 15 is 0 Å². The second-order valence-electron chi connectivity index (χ2n) is 5.20. The van der Waals surface area contributed by atoms with Crippen LogP contribution in [-0.4, -0.2) is 64.8 Å². The normalized spacial score (nSPS) is 27.6. The van der Waals surface area contributed by atoms with Gasteiger partial charge in [0.2, 0.25) is 0 Å². The molecule has 0 radical (unpaired) electrons. The van der Waals surface area contributed by atoms with Gasteiger partial charge in [-0.2, -0.15) is 11.8 Å². The molecule has 110 valence electrons. The quantitative estimate of drug-likeness (QED) is 0.914. The van der Waals surface area contributed by atoms with E-state index in [2.05, 4.69) is 20.2 Å². The van der Waals surface area contributed by atoms with Gasteiger partial charge in [0.15, 0.2) is 0 Å². The Balaban J connectivity index is 1.69. The first-order chi connectivity index (χ1) is 9.80. The molecule has 1 aromatic heterocycles. The molecule has 2 saturated heterocycles. The van der Waals surface area contributed by atoms with Crippen molar-refractivity contribution in [2.24, 2.45) is 0 Å². The molecule has 7 heteroatoms. The van der Waals surface area contributed by atoms with E-state index in [1.807, 2.05) is 11.8 Å². The summed E-state index contributed by atoms with van der Waals surface area (Å²) in [6.45, 7) is 4.57. The standard InChI is InChI=1S/C13H19ClN4OS/c14-11-7-15-10-17-12(11)16-8-13(1-6-20-9-13)18-2-4-19-5-3-18/h7,10H,1-6,8-9H2,(H,15,16,17). The maximum Gasteiger partial charge on any atom is 0.148 e. The Labute approximate surface area is 128 Å². The van der Waals surface area contributed by atoms with Crippen LogP contribution in [0, 0.1) is 0 Å². The van der Waals surface area contributed by atoms with Crippen molar-refractivity contribution in [2.45, 2.75) is 12.0 Å². The molecule has 0 spiro atoms. The molecule has 1 N–H and O–H groups in total. The van der Waals surface area contributed by atoms with Crippen LogP contribution in [-0.2, 0) is 4.74 Å². The van der Waals surface area contributed by atoms with Crippen molar-refractivity contribution >= 4 is 29.2 Å². The lowest BCUT2D eigenvalue weighted by molar-refractivity contribution is -0.00922. The van der Waals surface area contributed by atoms with Gasteiger partial charge in [0.05, 0.1) is 19.4 Å². The molecule has 1 aromatic rings. The topological polar surface area (TPSA) is 50.3 Å². The zero-order valence-corrected chi connectivity index (χ0v) is 12.9. The third-order valence-electron chi connectivity index (χ3n) is 4.02. The van der Waals surface area contributed by atoms with E-state index in [1.54, 1.807) is 6.20 Å². The molecule has 0 aliphatic carbocycles. The molecule has 1 unspecified atom stereocenters. The second kappa shape index (κ2) is 6.47. The lowest BCUT2D eigenvalue weighted by Crippen LogP contribution is -2.57. The molecule has 3 rings (SSSR count). The van der Waals surface area contributed by atoms with Crippen molar-refractivity contribution in [1.29, 1.82) is 0 Å². The number of aromatic nitrogens is 2. The highest BCUT2D eigenvalue weighted by atomic mass is 35.5. The lowest BCUT2D eigenvalue weighted by atomic mass is 9.95. The highest BCUT2D eigenvalue weighted by Gasteiger charge is 2.40. The molecular weight excluding hydrogens is 296 g/mol. The number of nitrogens with zero attached hydrogens (tertiary/aromatic N) is 3. The summed E-state index contributed by atoms with van der Waals surface area (Å²) >= 11 is 8.14. The number of hydrogen-bond acceptors (Lipinski definition) is 6. The number of rotatable bonds is 4. The number of morpholine rings is 1. The minimum Gasteiger partial charge on any atom is -0.379 e. The second-order valence-corrected chi connectivity index (χ2v) is 6.71. The van der Waals surface area contributed by atoms with E-state index in [4.69, 9.17) is 16.3 Å². The Morgan fingerprint density at radius 1 is 1.45 bits per heavy atom. The summed E-state index contributed by atoms with van der Waals surface area (Å²) < 4.78 is 5.48. The average Bonchev–Trinajstić information content (AvgIpc) is 2.98. The molecule has 3 heterocycles. The van der Waals surface area contributed by atoms with Crippen molar-refractivity contribution in [3.8, 4) is 0 Å². The van der Waals surface area contributed by atoms with Gasteiger partial charge in [-0.15, -0.1) is 0 Å². The largest absolute Gasteiger partial charge is 0.379 e. The van der Waals surface area contributed by atoms with Crippen LogP contribution in [0.2, 0.25) is 5.02 Å². The van der Waals surface area contributed by atoms with Gasteiger partial charge >= 0.3 is 0 Å². The summed E-state index contributed by atoms with van der Waals surface area (Å²) in [5.41, 5.74) is 0.197. The minimum atomic E-state index is 0.197. The van der Waals surface area contributed by atoms with Gasteiger partial charge in [0.1, 0.15) is 17.2 Å². The molecular formula is C13H19ClN4OS. The molecule has 0 bridgehead atoms. The molecule has 0 amide bonds. The fourth-order valence-corrected chi connectivity index (χ4v) is 4.48. The van der Waals surface area contributed by atoms with E-state index < -0.39 is 0 Å². The molecule has 2 fully saturated rings. The smallest absolute Gasteiger partial charge is 0.148 e. The van der Waals surface area contributed by atoms with Crippen LogP contribution in [0.3, 0.4) is 0 Å². The van der Waals surface area contributed by atoms with Crippen LogP contribution in [0.25, 0.3) is 0 Å². The molecule has 0 saturated carbocycles. The first-order valence-electron chi connectivity index (χ1n) is 6.90. The summed E-state index contributed by atoms with van der Waals surface area (Å²) in [6, 6.07) is 0. The average molecular weight is 315 g/mol. The van der Waals surface area contributed by atoms with Crippen LogP contribution in [0.15, 0.2) is 12.5 Å². The fourth-order valence-electron chi connectivity index (χ4n) is 2.83. The summed E-state index contributed by atoms with van der Waals surface area (Å²) in [7, 11) is 0. The zero-order chi connectivity index (χ0) is 13.8. The molecule has 0 aromatic carbocycles. The molecule has 1 atom stereocenters. The lowest BCUT2D eigenvalue weighted by Gasteiger charge is -2.43. The van der Waals surface area contributed by atoms with Gasteiger partial charge in [-0.3, -0.25) is 4.90 Å². The maximum atomic E-state index is 6.11. The molecule has 2 aliphatic rings. The number of ether oxygens (including phenoxy) is 1. The molecule has 2 aliphatic heterocycles. The number of hydrogen-bond donors (Lipinski definition) is 1. The SMILES string of the molecule is Clc1cncnc1NCC1(N2CCOCC2)CCSC1. The van der Waals surface area contributed by atoms with Crippen LogP contribution >= 0.6 is 23.4 Å². The first kappa shape index (κ1) is 14.4. The predicted octanol–water partition coefficient (Wildman–Crippen LogP) is 1.75. The molecule has 5 nitrogen and oxygen atoms in total. The van der Waals surface area contributed by atoms with E-state index in [9.17, 15) is 0 Å². The van der Waals surface area contributed by atoms with Gasteiger partial charge < -0.3 is 10.1 Å². The fraction of sp³-hybridized carbons (Fsp3) is 0.692. The third kappa shape index (κ3) is 3.03. The van der Waals surface area contributed by atoms with Gasteiger partial charge in [0, 0.05) is 30.9 Å². The van der Waals surface area contributed by atoms with Gasteiger partial charge in [-0.05, 0) is 12.2 Å². The Morgan fingerprint density at radius 2 is 2.30 bits per heavy atom.